The molecule has 5 unspecified atom stereocenters. The Labute approximate surface area is 121 Å². The van der Waals surface area contributed by atoms with E-state index in [0.29, 0.717) is 6.92 Å². The van der Waals surface area contributed by atoms with E-state index in [9.17, 15) is 37.0 Å². The van der Waals surface area contributed by atoms with Crippen LogP contribution in [0, 0.1) is 5.92 Å². The molecule has 22 heavy (non-hydrogen) atoms. The highest BCUT2D eigenvalue weighted by molar-refractivity contribution is 5.66. The molecule has 0 amide bonds. The molecule has 5 atom stereocenters. The van der Waals surface area contributed by atoms with Crippen LogP contribution < -0.4 is 0 Å². The molecule has 2 aliphatic rings. The van der Waals surface area contributed by atoms with Gasteiger partial charge in [0, 0.05) is 12.8 Å². The first-order valence-corrected chi connectivity index (χ1v) is 6.28. The number of hydrogen-bond donors (Lipinski definition) is 2. The molecule has 2 rings (SSSR count). The van der Waals surface area contributed by atoms with Crippen LogP contribution in [0.15, 0.2) is 12.2 Å². The summed E-state index contributed by atoms with van der Waals surface area (Å²) >= 11 is 0. The highest BCUT2D eigenvalue weighted by Gasteiger charge is 2.76. The first-order valence-electron chi connectivity index (χ1n) is 6.28. The molecular weight excluding hydrogens is 319 g/mol. The van der Waals surface area contributed by atoms with E-state index in [4.69, 9.17) is 4.74 Å². The second kappa shape index (κ2) is 5.14. The number of ether oxygens (including phenoxy) is 2. The Morgan fingerprint density at radius 3 is 2.27 bits per heavy atom. The fourth-order valence-electron chi connectivity index (χ4n) is 2.61. The van der Waals surface area contributed by atoms with Crippen molar-refractivity contribution in [2.24, 2.45) is 5.92 Å². The number of aliphatic hydroxyl groups excluding tert-OH is 1. The molecule has 5 nitrogen and oxygen atoms in total. The van der Waals surface area contributed by atoms with Crippen LogP contribution in [0.25, 0.3) is 0 Å². The molecule has 2 heterocycles. The number of carbonyl (C=O) groups is 1. The van der Waals surface area contributed by atoms with Crippen molar-refractivity contribution in [2.45, 2.75) is 49.5 Å². The van der Waals surface area contributed by atoms with Crippen molar-refractivity contribution in [3.05, 3.63) is 12.2 Å². The van der Waals surface area contributed by atoms with Crippen LogP contribution in [0.2, 0.25) is 0 Å². The summed E-state index contributed by atoms with van der Waals surface area (Å²) in [4.78, 5) is 10.7. The van der Waals surface area contributed by atoms with Crippen molar-refractivity contribution in [2.75, 3.05) is 0 Å². The molecular formula is C12H13F5O5. The molecule has 2 N–H and O–H groups in total. The number of esters is 1. The molecule has 2 bridgehead atoms. The highest BCUT2D eigenvalue weighted by atomic mass is 19.4. The number of halogens is 5. The van der Waals surface area contributed by atoms with Gasteiger partial charge in [-0.3, -0.25) is 4.79 Å². The molecule has 2 aliphatic heterocycles. The van der Waals surface area contributed by atoms with Gasteiger partial charge in [0.25, 0.3) is 0 Å². The lowest BCUT2D eigenvalue weighted by molar-refractivity contribution is -0.430. The lowest BCUT2D eigenvalue weighted by Gasteiger charge is -2.40. The number of fused-ring (bicyclic) bond motifs is 2. The lowest BCUT2D eigenvalue weighted by Crippen LogP contribution is -2.67. The third kappa shape index (κ3) is 2.48. The van der Waals surface area contributed by atoms with Gasteiger partial charge >= 0.3 is 23.9 Å². The molecule has 0 spiro atoms. The van der Waals surface area contributed by atoms with Crippen LogP contribution in [-0.4, -0.2) is 52.4 Å². The zero-order chi connectivity index (χ0) is 16.9. The molecule has 0 saturated carbocycles. The van der Waals surface area contributed by atoms with E-state index < -0.39 is 48.1 Å². The van der Waals surface area contributed by atoms with E-state index in [1.54, 1.807) is 0 Å². The van der Waals surface area contributed by atoms with Crippen molar-refractivity contribution < 1.29 is 46.4 Å². The first kappa shape index (κ1) is 17.1. The maximum atomic E-state index is 14.1. The fourth-order valence-corrected chi connectivity index (χ4v) is 2.61. The average molecular weight is 332 g/mol. The van der Waals surface area contributed by atoms with Crippen LogP contribution in [0.4, 0.5) is 22.0 Å². The average Bonchev–Trinajstić information content (AvgIpc) is 2.97. The normalized spacial score (nSPS) is 31.9. The Balaban J connectivity index is 2.32. The smallest absolute Gasteiger partial charge is 0.418 e. The third-order valence-electron chi connectivity index (χ3n) is 3.68. The van der Waals surface area contributed by atoms with Crippen LogP contribution in [0.5, 0.6) is 0 Å². The van der Waals surface area contributed by atoms with Gasteiger partial charge in [-0.05, 0) is 6.42 Å². The molecule has 0 aromatic carbocycles. The van der Waals surface area contributed by atoms with Crippen molar-refractivity contribution in [3.8, 4) is 0 Å². The number of alkyl halides is 5. The van der Waals surface area contributed by atoms with Gasteiger partial charge < -0.3 is 19.7 Å². The van der Waals surface area contributed by atoms with Gasteiger partial charge in [0.15, 0.2) is 0 Å². The van der Waals surface area contributed by atoms with Crippen molar-refractivity contribution in [3.63, 3.8) is 0 Å². The SMILES string of the molecule is CC(=O)OC(O)(C(F)(F)F)C(F)(F)C(O)C1CC2C=CC1O2. The second-order valence-corrected chi connectivity index (χ2v) is 5.23. The molecule has 0 aromatic rings. The maximum Gasteiger partial charge on any atom is 0.462 e. The molecule has 10 heteroatoms. The van der Waals surface area contributed by atoms with Crippen LogP contribution >= 0.6 is 0 Å². The van der Waals surface area contributed by atoms with Crippen LogP contribution in [0.3, 0.4) is 0 Å². The minimum Gasteiger partial charge on any atom is -0.418 e. The van der Waals surface area contributed by atoms with Crippen LogP contribution in [0.1, 0.15) is 13.3 Å². The number of carbonyl (C=O) groups excluding carboxylic acids is 1. The summed E-state index contributed by atoms with van der Waals surface area (Å²) in [5, 5.41) is 19.0. The molecule has 0 aromatic heterocycles. The maximum absolute atomic E-state index is 14.1. The topological polar surface area (TPSA) is 76.0 Å². The Morgan fingerprint density at radius 1 is 1.32 bits per heavy atom. The Kier molecular flexibility index (Phi) is 3.99. The van der Waals surface area contributed by atoms with Crippen molar-refractivity contribution in [1.29, 1.82) is 0 Å². The fraction of sp³-hybridized carbons (Fsp3) is 0.750. The van der Waals surface area contributed by atoms with Gasteiger partial charge in [0.1, 0.15) is 6.10 Å². The van der Waals surface area contributed by atoms with E-state index >= 15 is 0 Å². The van der Waals surface area contributed by atoms with Gasteiger partial charge in [-0.2, -0.15) is 22.0 Å². The van der Waals surface area contributed by atoms with E-state index in [2.05, 4.69) is 4.74 Å². The van der Waals surface area contributed by atoms with Crippen molar-refractivity contribution >= 4 is 5.97 Å². The Bertz CT molecular complexity index is 491. The van der Waals surface area contributed by atoms with Gasteiger partial charge in [0.2, 0.25) is 0 Å². The molecule has 126 valence electrons. The van der Waals surface area contributed by atoms with Gasteiger partial charge in [-0.25, -0.2) is 0 Å². The van der Waals surface area contributed by atoms with E-state index in [-0.39, 0.29) is 6.42 Å². The molecule has 0 aliphatic carbocycles. The predicted molar refractivity (Wildman–Crippen MR) is 59.6 cm³/mol. The summed E-state index contributed by atoms with van der Waals surface area (Å²) in [6.07, 6.45) is -7.74. The number of hydrogen-bond acceptors (Lipinski definition) is 5. The van der Waals surface area contributed by atoms with E-state index in [1.807, 2.05) is 0 Å². The highest BCUT2D eigenvalue weighted by Crippen LogP contribution is 2.49. The van der Waals surface area contributed by atoms with E-state index in [1.165, 1.54) is 12.2 Å². The zero-order valence-electron chi connectivity index (χ0n) is 11.2. The lowest BCUT2D eigenvalue weighted by atomic mass is 9.83. The quantitative estimate of drug-likeness (QED) is 0.349. The summed E-state index contributed by atoms with van der Waals surface area (Å²) in [7, 11) is 0. The predicted octanol–water partition coefficient (Wildman–Crippen LogP) is 1.14. The molecule has 1 saturated heterocycles. The number of aliphatic hydroxyl groups is 2. The largest absolute Gasteiger partial charge is 0.462 e. The monoisotopic (exact) mass is 332 g/mol. The summed E-state index contributed by atoms with van der Waals surface area (Å²) in [5.41, 5.74) is 0. The third-order valence-corrected chi connectivity index (χ3v) is 3.68. The van der Waals surface area contributed by atoms with Gasteiger partial charge in [0.05, 0.1) is 12.2 Å². The molecule has 1 fully saturated rings. The van der Waals surface area contributed by atoms with Crippen molar-refractivity contribution in [1.82, 2.24) is 0 Å². The zero-order valence-corrected chi connectivity index (χ0v) is 11.2. The first-order chi connectivity index (χ1) is 9.90. The van der Waals surface area contributed by atoms with Crippen LogP contribution in [-0.2, 0) is 14.3 Å². The standard InChI is InChI=1S/C12H13F5O5/c1-5(18)22-11(20,12(15,16)17)10(13,14)9(19)7-4-6-2-3-8(7)21-6/h2-3,6-9,19-20H,4H2,1H3. The van der Waals surface area contributed by atoms with Gasteiger partial charge in [-0.1, -0.05) is 12.2 Å². The summed E-state index contributed by atoms with van der Waals surface area (Å²) < 4.78 is 75.3. The summed E-state index contributed by atoms with van der Waals surface area (Å²) in [6, 6.07) is 0. The minimum absolute atomic E-state index is 0.133. The Morgan fingerprint density at radius 2 is 1.91 bits per heavy atom. The second-order valence-electron chi connectivity index (χ2n) is 5.23. The number of rotatable bonds is 4. The summed E-state index contributed by atoms with van der Waals surface area (Å²) in [6.45, 7) is 0.433. The van der Waals surface area contributed by atoms with Gasteiger partial charge in [-0.15, -0.1) is 0 Å². The Hall–Kier alpha value is -1.26. The molecule has 0 radical (unpaired) electrons. The summed E-state index contributed by atoms with van der Waals surface area (Å²) in [5.74, 6) is -13.4. The minimum atomic E-state index is -6.00. The van der Waals surface area contributed by atoms with E-state index in [0.717, 1.165) is 0 Å².